The van der Waals surface area contributed by atoms with E-state index in [0.29, 0.717) is 5.69 Å². The summed E-state index contributed by atoms with van der Waals surface area (Å²) in [4.78, 5) is 15.3. The first-order chi connectivity index (χ1) is 6.15. The summed E-state index contributed by atoms with van der Waals surface area (Å²) in [5.74, 6) is 0. The van der Waals surface area contributed by atoms with Gasteiger partial charge < -0.3 is 9.88 Å². The summed E-state index contributed by atoms with van der Waals surface area (Å²) in [6.45, 7) is 0. The maximum absolute atomic E-state index is 10.6. The summed E-state index contributed by atoms with van der Waals surface area (Å²) in [6, 6.07) is 1.85. The number of nitrogens with zero attached hydrogens (tertiary/aromatic N) is 1. The Balaban J connectivity index is 3.00. The quantitative estimate of drug-likeness (QED) is 0.825. The largest absolute Gasteiger partial charge is 0.383 e. The van der Waals surface area contributed by atoms with Gasteiger partial charge in [-0.25, -0.2) is 0 Å². The Morgan fingerprint density at radius 3 is 2.85 bits per heavy atom. The predicted molar refractivity (Wildman–Crippen MR) is 56.8 cm³/mol. The molecule has 0 aliphatic carbocycles. The van der Waals surface area contributed by atoms with E-state index in [2.05, 4.69) is 20.9 Å². The first kappa shape index (κ1) is 10.1. The van der Waals surface area contributed by atoms with E-state index in [9.17, 15) is 4.79 Å². The van der Waals surface area contributed by atoms with Gasteiger partial charge in [0.1, 0.15) is 0 Å². The average Bonchev–Trinajstić information content (AvgIpc) is 2.49. The maximum Gasteiger partial charge on any atom is 0.166 e. The molecule has 3 nitrogen and oxygen atoms in total. The molecule has 0 amide bonds. The highest BCUT2D eigenvalue weighted by molar-refractivity contribution is 9.15. The molecule has 1 rings (SSSR count). The Morgan fingerprint density at radius 2 is 2.31 bits per heavy atom. The van der Waals surface area contributed by atoms with E-state index in [1.54, 1.807) is 6.20 Å². The normalized spacial score (nSPS) is 11.5. The van der Waals surface area contributed by atoms with Crippen LogP contribution in [0.4, 0.5) is 0 Å². The molecule has 0 spiro atoms. The van der Waals surface area contributed by atoms with Gasteiger partial charge in [-0.3, -0.25) is 4.79 Å². The van der Waals surface area contributed by atoms with Gasteiger partial charge in [0.2, 0.25) is 0 Å². The molecule has 0 saturated heterocycles. The Labute approximate surface area is 85.6 Å². The monoisotopic (exact) mass is 242 g/mol. The summed E-state index contributed by atoms with van der Waals surface area (Å²) >= 11 is 3.40. The molecule has 0 aromatic carbocycles. The third kappa shape index (κ3) is 2.45. The van der Waals surface area contributed by atoms with Crippen LogP contribution in [0.1, 0.15) is 16.1 Å². The molecule has 1 aromatic heterocycles. The number of carbonyl (C=O) groups is 1. The minimum Gasteiger partial charge on any atom is -0.383 e. The van der Waals surface area contributed by atoms with E-state index in [0.717, 1.165) is 16.3 Å². The van der Waals surface area contributed by atoms with Gasteiger partial charge in [-0.2, -0.15) is 0 Å². The Hall–Kier alpha value is -1.03. The summed E-state index contributed by atoms with van der Waals surface area (Å²) in [5, 5.41) is 0. The molecule has 0 bridgehead atoms. The third-order valence-corrected chi connectivity index (χ3v) is 2.16. The number of hydrogen-bond donors (Lipinski definition) is 1. The van der Waals surface area contributed by atoms with E-state index >= 15 is 0 Å². The lowest BCUT2D eigenvalue weighted by Gasteiger charge is -2.06. The number of hydrogen-bond acceptors (Lipinski definition) is 2. The number of nitrogens with one attached hydrogen (secondary N) is 1. The van der Waals surface area contributed by atoms with Crippen molar-refractivity contribution in [2.24, 2.45) is 0 Å². The predicted octanol–water partition coefficient (Wildman–Crippen LogP) is 2.08. The smallest absolute Gasteiger partial charge is 0.166 e. The fourth-order valence-corrected chi connectivity index (χ4v) is 1.74. The van der Waals surface area contributed by atoms with Gasteiger partial charge in [-0.1, -0.05) is 0 Å². The summed E-state index contributed by atoms with van der Waals surface area (Å²) in [5.41, 5.74) is 1.47. The molecule has 0 saturated carbocycles. The van der Waals surface area contributed by atoms with Crippen molar-refractivity contribution in [3.05, 3.63) is 29.7 Å². The SMILES string of the molecule is CN(C)/C=C(/Br)c1cc[nH]c1C=O. The lowest BCUT2D eigenvalue weighted by molar-refractivity contribution is 0.111. The minimum absolute atomic E-state index is 0.588. The second kappa shape index (κ2) is 4.28. The lowest BCUT2D eigenvalue weighted by Crippen LogP contribution is -2.01. The molecule has 4 heteroatoms. The van der Waals surface area contributed by atoms with Crippen LogP contribution in [-0.2, 0) is 0 Å². The van der Waals surface area contributed by atoms with Crippen LogP contribution in [0.15, 0.2) is 18.5 Å². The van der Waals surface area contributed by atoms with E-state index in [-0.39, 0.29) is 0 Å². The van der Waals surface area contributed by atoms with Crippen molar-refractivity contribution in [3.63, 3.8) is 0 Å². The van der Waals surface area contributed by atoms with Gasteiger partial charge in [0.05, 0.1) is 5.69 Å². The van der Waals surface area contributed by atoms with Gasteiger partial charge in [-0.05, 0) is 22.0 Å². The van der Waals surface area contributed by atoms with Gasteiger partial charge in [0.15, 0.2) is 6.29 Å². The van der Waals surface area contributed by atoms with Crippen molar-refractivity contribution in [3.8, 4) is 0 Å². The van der Waals surface area contributed by atoms with E-state index in [1.165, 1.54) is 0 Å². The van der Waals surface area contributed by atoms with Gasteiger partial charge in [0.25, 0.3) is 0 Å². The molecule has 0 aliphatic rings. The molecule has 0 aliphatic heterocycles. The Morgan fingerprint density at radius 1 is 1.62 bits per heavy atom. The lowest BCUT2D eigenvalue weighted by atomic mass is 10.2. The number of aromatic amines is 1. The number of aldehydes is 1. The van der Waals surface area contributed by atoms with E-state index in [4.69, 9.17) is 0 Å². The molecule has 0 radical (unpaired) electrons. The molecule has 13 heavy (non-hydrogen) atoms. The van der Waals surface area contributed by atoms with Crippen LogP contribution >= 0.6 is 15.9 Å². The van der Waals surface area contributed by atoms with Crippen LogP contribution in [0.5, 0.6) is 0 Å². The van der Waals surface area contributed by atoms with E-state index in [1.807, 2.05) is 31.3 Å². The number of aromatic nitrogens is 1. The molecule has 0 unspecified atom stereocenters. The van der Waals surface area contributed by atoms with Crippen LogP contribution in [0.3, 0.4) is 0 Å². The van der Waals surface area contributed by atoms with Crippen LogP contribution in [0, 0.1) is 0 Å². The van der Waals surface area contributed by atoms with Crippen molar-refractivity contribution >= 4 is 26.7 Å². The van der Waals surface area contributed by atoms with Crippen LogP contribution in [0.2, 0.25) is 0 Å². The van der Waals surface area contributed by atoms with Crippen molar-refractivity contribution in [2.45, 2.75) is 0 Å². The molecule has 1 aromatic rings. The fourth-order valence-electron chi connectivity index (χ4n) is 0.984. The highest BCUT2D eigenvalue weighted by Crippen LogP contribution is 2.23. The number of rotatable bonds is 3. The standard InChI is InChI=1S/C9H11BrN2O/c1-12(2)5-8(10)7-3-4-11-9(7)6-13/h3-6,11H,1-2H3/b8-5+. The number of halogens is 1. The van der Waals surface area contributed by atoms with Crippen molar-refractivity contribution in [2.75, 3.05) is 14.1 Å². The summed E-state index contributed by atoms with van der Waals surface area (Å²) in [7, 11) is 3.85. The zero-order valence-electron chi connectivity index (χ0n) is 7.54. The van der Waals surface area contributed by atoms with Gasteiger partial charge in [-0.15, -0.1) is 0 Å². The van der Waals surface area contributed by atoms with Crippen molar-refractivity contribution in [1.82, 2.24) is 9.88 Å². The zero-order valence-corrected chi connectivity index (χ0v) is 9.13. The molecular formula is C9H11BrN2O. The molecule has 0 fully saturated rings. The summed E-state index contributed by atoms with van der Waals surface area (Å²) < 4.78 is 0.890. The second-order valence-corrected chi connectivity index (χ2v) is 3.72. The first-order valence-corrected chi connectivity index (χ1v) is 4.61. The van der Waals surface area contributed by atoms with Crippen molar-refractivity contribution in [1.29, 1.82) is 0 Å². The molecule has 0 atom stereocenters. The highest BCUT2D eigenvalue weighted by atomic mass is 79.9. The third-order valence-electron chi connectivity index (χ3n) is 1.53. The highest BCUT2D eigenvalue weighted by Gasteiger charge is 2.05. The fraction of sp³-hybridized carbons (Fsp3) is 0.222. The second-order valence-electron chi connectivity index (χ2n) is 2.86. The van der Waals surface area contributed by atoms with Crippen LogP contribution in [0.25, 0.3) is 4.48 Å². The zero-order chi connectivity index (χ0) is 9.84. The van der Waals surface area contributed by atoms with Gasteiger partial charge in [0, 0.05) is 36.5 Å². The van der Waals surface area contributed by atoms with Crippen LogP contribution in [-0.4, -0.2) is 30.3 Å². The molecule has 1 heterocycles. The average molecular weight is 243 g/mol. The number of H-pyrrole nitrogens is 1. The van der Waals surface area contributed by atoms with Crippen molar-refractivity contribution < 1.29 is 4.79 Å². The molecule has 1 N–H and O–H groups in total. The summed E-state index contributed by atoms with van der Waals surface area (Å²) in [6.07, 6.45) is 4.44. The minimum atomic E-state index is 0.588. The molecule has 70 valence electrons. The van der Waals surface area contributed by atoms with E-state index < -0.39 is 0 Å². The topological polar surface area (TPSA) is 36.1 Å². The number of carbonyl (C=O) groups excluding carboxylic acids is 1. The maximum atomic E-state index is 10.6. The molecular weight excluding hydrogens is 232 g/mol. The first-order valence-electron chi connectivity index (χ1n) is 3.82. The Bertz CT molecular complexity index is 328. The van der Waals surface area contributed by atoms with Crippen LogP contribution < -0.4 is 0 Å². The van der Waals surface area contributed by atoms with Gasteiger partial charge >= 0.3 is 0 Å². The Kier molecular flexibility index (Phi) is 3.31.